The summed E-state index contributed by atoms with van der Waals surface area (Å²) in [5.74, 6) is 0. The summed E-state index contributed by atoms with van der Waals surface area (Å²) in [4.78, 5) is 26.6. The molecule has 0 aliphatic carbocycles. The number of nitrogens with zero attached hydrogens (tertiary/aromatic N) is 2. The highest BCUT2D eigenvalue weighted by Crippen LogP contribution is 2.18. The highest BCUT2D eigenvalue weighted by Gasteiger charge is 2.25. The number of nitrogens with one attached hydrogen (secondary N) is 1. The molecule has 1 aliphatic heterocycles. The first kappa shape index (κ1) is 20.2. The minimum absolute atomic E-state index is 0.500. The molecule has 1 fully saturated rings. The van der Waals surface area contributed by atoms with Gasteiger partial charge < -0.3 is 9.64 Å². The van der Waals surface area contributed by atoms with Crippen LogP contribution in [0.2, 0.25) is 5.02 Å². The first-order chi connectivity index (χ1) is 13.6. The molecular formula is C21H24ClN3O3. The Labute approximate surface area is 170 Å². The molecule has 0 bridgehead atoms. The first-order valence-electron chi connectivity index (χ1n) is 9.47. The highest BCUT2D eigenvalue weighted by molar-refractivity contribution is 6.30. The van der Waals surface area contributed by atoms with E-state index in [4.69, 9.17) is 16.3 Å². The Morgan fingerprint density at radius 1 is 1.00 bits per heavy atom. The van der Waals surface area contributed by atoms with Gasteiger partial charge in [0.1, 0.15) is 0 Å². The number of hydrogen-bond acceptors (Lipinski definition) is 4. The molecule has 28 heavy (non-hydrogen) atoms. The van der Waals surface area contributed by atoms with Crippen LogP contribution in [0.25, 0.3) is 0 Å². The van der Waals surface area contributed by atoms with E-state index < -0.39 is 12.2 Å². The summed E-state index contributed by atoms with van der Waals surface area (Å²) in [7, 11) is 0. The van der Waals surface area contributed by atoms with Gasteiger partial charge in [0.05, 0.1) is 5.69 Å². The molecule has 2 aromatic rings. The van der Waals surface area contributed by atoms with E-state index in [1.807, 2.05) is 30.3 Å². The number of rotatable bonds is 5. The normalized spacial score (nSPS) is 13.8. The van der Waals surface area contributed by atoms with Crippen LogP contribution >= 0.6 is 11.6 Å². The molecule has 6 nitrogen and oxygen atoms in total. The second-order valence-electron chi connectivity index (χ2n) is 6.64. The number of benzene rings is 2. The molecule has 2 aromatic carbocycles. The summed E-state index contributed by atoms with van der Waals surface area (Å²) in [6.45, 7) is 1.74. The lowest BCUT2D eigenvalue weighted by atomic mass is 10.1. The van der Waals surface area contributed by atoms with Gasteiger partial charge in [0.15, 0.2) is 0 Å². The van der Waals surface area contributed by atoms with Gasteiger partial charge in [0.25, 0.3) is 0 Å². The van der Waals surface area contributed by atoms with Gasteiger partial charge in [-0.2, -0.15) is 0 Å². The van der Waals surface area contributed by atoms with Gasteiger partial charge in [-0.3, -0.25) is 0 Å². The van der Waals surface area contributed by atoms with Crippen LogP contribution in [0.5, 0.6) is 0 Å². The van der Waals surface area contributed by atoms with Crippen LogP contribution in [-0.4, -0.2) is 36.7 Å². The third-order valence-electron chi connectivity index (χ3n) is 4.58. The number of hydrazine groups is 1. The van der Waals surface area contributed by atoms with Gasteiger partial charge in [0.2, 0.25) is 0 Å². The van der Waals surface area contributed by atoms with Gasteiger partial charge >= 0.3 is 12.2 Å². The number of halogens is 1. The Morgan fingerprint density at radius 2 is 1.68 bits per heavy atom. The van der Waals surface area contributed by atoms with Crippen molar-refractivity contribution < 1.29 is 14.3 Å². The lowest BCUT2D eigenvalue weighted by Gasteiger charge is -2.27. The zero-order chi connectivity index (χ0) is 19.8. The van der Waals surface area contributed by atoms with Crippen molar-refractivity contribution in [1.29, 1.82) is 0 Å². The molecule has 0 spiro atoms. The summed E-state index contributed by atoms with van der Waals surface area (Å²) in [6, 6.07) is 16.7. The lowest BCUT2D eigenvalue weighted by molar-refractivity contribution is 0.113. The number of amides is 2. The molecule has 0 saturated carbocycles. The summed E-state index contributed by atoms with van der Waals surface area (Å²) in [5.41, 5.74) is 4.75. The average Bonchev–Trinajstić information content (AvgIpc) is 2.73. The number of anilines is 1. The topological polar surface area (TPSA) is 61.9 Å². The Kier molecular flexibility index (Phi) is 7.28. The smallest absolute Gasteiger partial charge is 0.358 e. The number of hydrogen-bond donors (Lipinski definition) is 1. The molecule has 7 heteroatoms. The van der Waals surface area contributed by atoms with Crippen LogP contribution < -0.4 is 10.4 Å². The lowest BCUT2D eigenvalue weighted by Crippen LogP contribution is -2.47. The zero-order valence-electron chi connectivity index (χ0n) is 15.6. The second kappa shape index (κ2) is 10.1. The quantitative estimate of drug-likeness (QED) is 0.585. The summed E-state index contributed by atoms with van der Waals surface area (Å²) >= 11 is 5.95. The van der Waals surface area contributed by atoms with Crippen LogP contribution in [-0.2, 0) is 11.2 Å². The van der Waals surface area contributed by atoms with Crippen molar-refractivity contribution in [1.82, 2.24) is 10.3 Å². The molecule has 3 rings (SSSR count). The third-order valence-corrected chi connectivity index (χ3v) is 4.83. The van der Waals surface area contributed by atoms with E-state index >= 15 is 0 Å². The molecule has 0 unspecified atom stereocenters. The van der Waals surface area contributed by atoms with E-state index in [1.165, 1.54) is 5.01 Å². The Balaban J connectivity index is 1.65. The van der Waals surface area contributed by atoms with Gasteiger partial charge in [-0.1, -0.05) is 41.9 Å². The van der Waals surface area contributed by atoms with Crippen LogP contribution in [0.15, 0.2) is 54.6 Å². The van der Waals surface area contributed by atoms with E-state index in [0.29, 0.717) is 30.3 Å². The average molecular weight is 402 g/mol. The van der Waals surface area contributed by atoms with Crippen LogP contribution in [0.1, 0.15) is 24.8 Å². The van der Waals surface area contributed by atoms with E-state index in [2.05, 4.69) is 5.43 Å². The molecule has 0 radical (unpaired) electrons. The van der Waals surface area contributed by atoms with Gasteiger partial charge in [-0.05, 0) is 55.5 Å². The second-order valence-corrected chi connectivity index (χ2v) is 7.07. The molecule has 2 amide bonds. The predicted octanol–water partition coefficient (Wildman–Crippen LogP) is 4.64. The summed E-state index contributed by atoms with van der Waals surface area (Å²) < 4.78 is 5.12. The number of likely N-dealkylation sites (tertiary alicyclic amines) is 1. The fourth-order valence-electron chi connectivity index (χ4n) is 3.07. The van der Waals surface area contributed by atoms with Crippen molar-refractivity contribution in [2.24, 2.45) is 0 Å². The van der Waals surface area contributed by atoms with Crippen molar-refractivity contribution in [3.8, 4) is 0 Å². The highest BCUT2D eigenvalue weighted by atomic mass is 35.5. The van der Waals surface area contributed by atoms with Crippen molar-refractivity contribution in [3.63, 3.8) is 0 Å². The van der Waals surface area contributed by atoms with Crippen molar-refractivity contribution in [3.05, 3.63) is 65.2 Å². The van der Waals surface area contributed by atoms with Gasteiger partial charge in [0, 0.05) is 24.7 Å². The van der Waals surface area contributed by atoms with Crippen molar-refractivity contribution in [2.45, 2.75) is 25.7 Å². The maximum absolute atomic E-state index is 12.7. The fraction of sp³-hybridized carbons (Fsp3) is 0.333. The standard InChI is InChI=1S/C21H24ClN3O3/c22-18-9-11-19(12-10-18)25(23-14-13-17-7-3-1-4-8-17)21(27)28-20(26)24-15-5-2-6-16-24/h1,3-4,7-12,23H,2,5-6,13-16H2. The molecule has 0 aromatic heterocycles. The van der Waals surface area contributed by atoms with E-state index in [0.717, 1.165) is 31.2 Å². The maximum atomic E-state index is 12.7. The Morgan fingerprint density at radius 3 is 2.36 bits per heavy atom. The predicted molar refractivity (Wildman–Crippen MR) is 109 cm³/mol. The molecule has 1 heterocycles. The summed E-state index contributed by atoms with van der Waals surface area (Å²) in [5, 5.41) is 1.81. The van der Waals surface area contributed by atoms with Crippen LogP contribution in [0.3, 0.4) is 0 Å². The van der Waals surface area contributed by atoms with Crippen LogP contribution in [0, 0.1) is 0 Å². The molecule has 1 saturated heterocycles. The molecule has 1 N–H and O–H groups in total. The number of piperidine rings is 1. The minimum Gasteiger partial charge on any atom is -0.358 e. The monoisotopic (exact) mass is 401 g/mol. The number of ether oxygens (including phenoxy) is 1. The maximum Gasteiger partial charge on any atom is 0.438 e. The molecule has 1 aliphatic rings. The van der Waals surface area contributed by atoms with E-state index in [9.17, 15) is 9.59 Å². The fourth-order valence-corrected chi connectivity index (χ4v) is 3.20. The van der Waals surface area contributed by atoms with E-state index in [-0.39, 0.29) is 0 Å². The van der Waals surface area contributed by atoms with Crippen molar-refractivity contribution in [2.75, 3.05) is 24.6 Å². The SMILES string of the molecule is O=C(OC(=O)N(NCCc1ccccc1)c1ccc(Cl)cc1)N1CCCCC1. The third kappa shape index (κ3) is 5.71. The molecule has 0 atom stereocenters. The van der Waals surface area contributed by atoms with E-state index in [1.54, 1.807) is 29.2 Å². The minimum atomic E-state index is -0.758. The number of carbonyl (C=O) groups excluding carboxylic acids is 2. The van der Waals surface area contributed by atoms with Gasteiger partial charge in [-0.15, -0.1) is 0 Å². The van der Waals surface area contributed by atoms with Gasteiger partial charge in [-0.25, -0.2) is 20.0 Å². The zero-order valence-corrected chi connectivity index (χ0v) is 16.4. The molecular weight excluding hydrogens is 378 g/mol. The summed E-state index contributed by atoms with van der Waals surface area (Å²) in [6.07, 6.45) is 2.31. The Hall–Kier alpha value is -2.57. The van der Waals surface area contributed by atoms with Crippen LogP contribution in [0.4, 0.5) is 15.3 Å². The Bertz CT molecular complexity index is 777. The largest absolute Gasteiger partial charge is 0.438 e. The first-order valence-corrected chi connectivity index (χ1v) is 9.85. The number of carbonyl (C=O) groups is 2. The molecule has 148 valence electrons. The van der Waals surface area contributed by atoms with Crippen molar-refractivity contribution >= 4 is 29.5 Å².